The molecule has 1 rings (SSSR count). The van der Waals surface area contributed by atoms with Crippen LogP contribution < -0.4 is 4.90 Å². The van der Waals surface area contributed by atoms with Crippen molar-refractivity contribution in [1.29, 1.82) is 0 Å². The summed E-state index contributed by atoms with van der Waals surface area (Å²) >= 11 is 1.28. The van der Waals surface area contributed by atoms with Crippen molar-refractivity contribution >= 4 is 16.7 Å². The SMILES string of the molecule is CN(C)c1nnns1. The minimum absolute atomic E-state index is 0.838. The number of nitrogens with zero attached hydrogens (tertiary/aromatic N) is 4. The van der Waals surface area contributed by atoms with Gasteiger partial charge in [0.15, 0.2) is 0 Å². The lowest BCUT2D eigenvalue weighted by atomic mass is 10.9. The van der Waals surface area contributed by atoms with Crippen LogP contribution in [0.1, 0.15) is 0 Å². The Hall–Kier alpha value is -0.710. The topological polar surface area (TPSA) is 41.9 Å². The van der Waals surface area contributed by atoms with Gasteiger partial charge in [-0.15, -0.1) is 0 Å². The Kier molecular flexibility index (Phi) is 1.38. The molecule has 0 aliphatic heterocycles. The van der Waals surface area contributed by atoms with E-state index in [1.54, 1.807) is 0 Å². The van der Waals surface area contributed by atoms with E-state index in [0.717, 1.165) is 5.13 Å². The van der Waals surface area contributed by atoms with Gasteiger partial charge in [0, 0.05) is 25.6 Å². The molecule has 0 saturated carbocycles. The third-order valence-corrected chi connectivity index (χ3v) is 1.44. The first kappa shape index (κ1) is 5.43. The first-order chi connectivity index (χ1) is 3.80. The maximum Gasteiger partial charge on any atom is 0.227 e. The highest BCUT2D eigenvalue weighted by molar-refractivity contribution is 7.09. The first-order valence-corrected chi connectivity index (χ1v) is 2.90. The second kappa shape index (κ2) is 2.04. The number of rotatable bonds is 1. The molecule has 4 nitrogen and oxygen atoms in total. The molecule has 0 saturated heterocycles. The normalized spacial score (nSPS) is 9.25. The van der Waals surface area contributed by atoms with Gasteiger partial charge in [0.25, 0.3) is 0 Å². The molecule has 0 spiro atoms. The molecular formula is C3H6N4S. The summed E-state index contributed by atoms with van der Waals surface area (Å²) in [5.41, 5.74) is 0. The molecule has 1 heterocycles. The third-order valence-electron chi connectivity index (χ3n) is 0.672. The van der Waals surface area contributed by atoms with Crippen LogP contribution in [0.2, 0.25) is 0 Å². The van der Waals surface area contributed by atoms with Gasteiger partial charge in [-0.05, 0) is 5.21 Å². The van der Waals surface area contributed by atoms with Crippen molar-refractivity contribution < 1.29 is 0 Å². The lowest BCUT2D eigenvalue weighted by Gasteiger charge is -2.02. The van der Waals surface area contributed by atoms with Gasteiger partial charge in [0.05, 0.1) is 0 Å². The van der Waals surface area contributed by atoms with E-state index >= 15 is 0 Å². The van der Waals surface area contributed by atoms with Gasteiger partial charge in [0.2, 0.25) is 5.13 Å². The average molecular weight is 130 g/mol. The van der Waals surface area contributed by atoms with Gasteiger partial charge < -0.3 is 4.90 Å². The molecule has 0 aliphatic rings. The zero-order valence-electron chi connectivity index (χ0n) is 4.70. The van der Waals surface area contributed by atoms with E-state index in [1.807, 2.05) is 19.0 Å². The molecule has 0 fully saturated rings. The van der Waals surface area contributed by atoms with Crippen molar-refractivity contribution in [2.75, 3.05) is 19.0 Å². The molecule has 1 aromatic rings. The molecule has 0 amide bonds. The standard InChI is InChI=1S/C3H6N4S/c1-7(2)3-4-5-6-8-3/h1-2H3. The zero-order chi connectivity index (χ0) is 5.98. The minimum atomic E-state index is 0.838. The van der Waals surface area contributed by atoms with E-state index < -0.39 is 0 Å². The summed E-state index contributed by atoms with van der Waals surface area (Å²) in [5, 5.41) is 7.96. The molecule has 0 radical (unpaired) electrons. The smallest absolute Gasteiger partial charge is 0.227 e. The lowest BCUT2D eigenvalue weighted by molar-refractivity contribution is 0.935. The van der Waals surface area contributed by atoms with Crippen LogP contribution in [0, 0.1) is 0 Å². The van der Waals surface area contributed by atoms with Crippen molar-refractivity contribution in [3.05, 3.63) is 0 Å². The van der Waals surface area contributed by atoms with Crippen LogP contribution in [0.4, 0.5) is 5.13 Å². The molecule has 0 bridgehead atoms. The molecule has 8 heavy (non-hydrogen) atoms. The highest BCUT2D eigenvalue weighted by Gasteiger charge is 1.95. The van der Waals surface area contributed by atoms with Crippen LogP contribution in [0.5, 0.6) is 0 Å². The van der Waals surface area contributed by atoms with Crippen LogP contribution in [0.3, 0.4) is 0 Å². The van der Waals surface area contributed by atoms with E-state index in [-0.39, 0.29) is 0 Å². The number of anilines is 1. The Morgan fingerprint density at radius 3 is 2.50 bits per heavy atom. The number of hydrogen-bond donors (Lipinski definition) is 0. The molecule has 0 aliphatic carbocycles. The van der Waals surface area contributed by atoms with E-state index in [4.69, 9.17) is 0 Å². The summed E-state index contributed by atoms with van der Waals surface area (Å²) in [5.74, 6) is 0. The van der Waals surface area contributed by atoms with Gasteiger partial charge in [-0.1, -0.05) is 9.59 Å². The van der Waals surface area contributed by atoms with Crippen molar-refractivity contribution in [1.82, 2.24) is 14.8 Å². The molecule has 0 atom stereocenters. The summed E-state index contributed by atoms with van der Waals surface area (Å²) in [6.07, 6.45) is 0. The largest absolute Gasteiger partial charge is 0.352 e. The summed E-state index contributed by atoms with van der Waals surface area (Å²) in [7, 11) is 3.81. The lowest BCUT2D eigenvalue weighted by Crippen LogP contribution is -2.07. The van der Waals surface area contributed by atoms with E-state index in [9.17, 15) is 0 Å². The monoisotopic (exact) mass is 130 g/mol. The van der Waals surface area contributed by atoms with Crippen molar-refractivity contribution in [3.8, 4) is 0 Å². The number of aromatic nitrogens is 3. The highest BCUT2D eigenvalue weighted by atomic mass is 32.1. The summed E-state index contributed by atoms with van der Waals surface area (Å²) < 4.78 is 3.58. The third kappa shape index (κ3) is 0.919. The highest BCUT2D eigenvalue weighted by Crippen LogP contribution is 2.06. The van der Waals surface area contributed by atoms with Crippen LogP contribution >= 0.6 is 11.5 Å². The van der Waals surface area contributed by atoms with Gasteiger partial charge in [-0.25, -0.2) is 0 Å². The molecule has 0 aromatic carbocycles. The van der Waals surface area contributed by atoms with Gasteiger partial charge in [0.1, 0.15) is 0 Å². The molecule has 0 N–H and O–H groups in total. The van der Waals surface area contributed by atoms with E-state index in [0.29, 0.717) is 0 Å². The van der Waals surface area contributed by atoms with Crippen LogP contribution in [0.15, 0.2) is 0 Å². The zero-order valence-corrected chi connectivity index (χ0v) is 5.51. The van der Waals surface area contributed by atoms with Crippen molar-refractivity contribution in [3.63, 3.8) is 0 Å². The Morgan fingerprint density at radius 1 is 1.50 bits per heavy atom. The Bertz CT molecular complexity index is 146. The van der Waals surface area contributed by atoms with Crippen LogP contribution in [0.25, 0.3) is 0 Å². The summed E-state index contributed by atoms with van der Waals surface area (Å²) in [6, 6.07) is 0. The average Bonchev–Trinajstić information content (AvgIpc) is 2.12. The van der Waals surface area contributed by atoms with E-state index in [2.05, 4.69) is 14.8 Å². The van der Waals surface area contributed by atoms with Crippen LogP contribution in [-0.4, -0.2) is 28.9 Å². The van der Waals surface area contributed by atoms with Gasteiger partial charge in [-0.3, -0.25) is 0 Å². The Balaban J connectivity index is 2.77. The fraction of sp³-hybridized carbons (Fsp3) is 0.667. The molecule has 5 heteroatoms. The summed E-state index contributed by atoms with van der Waals surface area (Å²) in [4.78, 5) is 1.87. The fourth-order valence-electron chi connectivity index (χ4n) is 0.301. The predicted molar refractivity (Wildman–Crippen MR) is 32.0 cm³/mol. The maximum absolute atomic E-state index is 3.70. The minimum Gasteiger partial charge on any atom is -0.352 e. The maximum atomic E-state index is 3.70. The van der Waals surface area contributed by atoms with Crippen molar-refractivity contribution in [2.45, 2.75) is 0 Å². The van der Waals surface area contributed by atoms with Crippen molar-refractivity contribution in [2.24, 2.45) is 0 Å². The second-order valence-corrected chi connectivity index (χ2v) is 2.25. The number of hydrogen-bond acceptors (Lipinski definition) is 5. The fourth-order valence-corrected chi connectivity index (χ4v) is 0.683. The Morgan fingerprint density at radius 2 is 2.25 bits per heavy atom. The quantitative estimate of drug-likeness (QED) is 0.536. The molecular weight excluding hydrogens is 124 g/mol. The Labute approximate surface area is 51.3 Å². The van der Waals surface area contributed by atoms with Crippen LogP contribution in [-0.2, 0) is 0 Å². The first-order valence-electron chi connectivity index (χ1n) is 2.13. The second-order valence-electron chi connectivity index (χ2n) is 1.54. The molecule has 0 unspecified atom stereocenters. The molecule has 44 valence electrons. The van der Waals surface area contributed by atoms with Gasteiger partial charge in [-0.2, -0.15) is 0 Å². The predicted octanol–water partition coefficient (Wildman–Crippen LogP) is -0.000900. The summed E-state index contributed by atoms with van der Waals surface area (Å²) in [6.45, 7) is 0. The van der Waals surface area contributed by atoms with E-state index in [1.165, 1.54) is 11.5 Å². The molecule has 1 aromatic heterocycles. The van der Waals surface area contributed by atoms with Gasteiger partial charge >= 0.3 is 0 Å².